The van der Waals surface area contributed by atoms with E-state index in [4.69, 9.17) is 10.3 Å². The molecule has 0 amide bonds. The van der Waals surface area contributed by atoms with E-state index in [0.717, 1.165) is 53.4 Å². The van der Waals surface area contributed by atoms with E-state index in [0.29, 0.717) is 24.3 Å². The Morgan fingerprint density at radius 1 is 1.26 bits per heavy atom. The van der Waals surface area contributed by atoms with Crippen molar-refractivity contribution >= 4 is 10.9 Å². The van der Waals surface area contributed by atoms with E-state index >= 15 is 0 Å². The highest BCUT2D eigenvalue weighted by Crippen LogP contribution is 2.51. The van der Waals surface area contributed by atoms with E-state index in [2.05, 4.69) is 38.5 Å². The van der Waals surface area contributed by atoms with Gasteiger partial charge in [0.1, 0.15) is 0 Å². The molecule has 0 saturated heterocycles. The van der Waals surface area contributed by atoms with Gasteiger partial charge in [-0.25, -0.2) is 0 Å². The first-order chi connectivity index (χ1) is 11.3. The van der Waals surface area contributed by atoms with Crippen molar-refractivity contribution in [2.45, 2.75) is 37.6 Å². The smallest absolute Gasteiger partial charge is 0.229 e. The number of hydrogen-bond donors (Lipinski definition) is 2. The summed E-state index contributed by atoms with van der Waals surface area (Å²) in [6.45, 7) is 0. The summed E-state index contributed by atoms with van der Waals surface area (Å²) in [5.41, 5.74) is 8.26. The Hall–Kier alpha value is -2.21. The number of benzene rings is 1. The molecule has 3 aromatic rings. The van der Waals surface area contributed by atoms with Gasteiger partial charge in [-0.2, -0.15) is 10.1 Å². The minimum Gasteiger partial charge on any atom is -0.339 e. The Bertz CT molecular complexity index is 853. The van der Waals surface area contributed by atoms with E-state index in [9.17, 15) is 0 Å². The van der Waals surface area contributed by atoms with Crippen molar-refractivity contribution in [1.82, 2.24) is 20.3 Å². The van der Waals surface area contributed by atoms with Gasteiger partial charge in [-0.1, -0.05) is 17.3 Å². The molecule has 3 N–H and O–H groups in total. The lowest BCUT2D eigenvalue weighted by molar-refractivity contribution is 0.173. The van der Waals surface area contributed by atoms with Crippen molar-refractivity contribution in [3.63, 3.8) is 0 Å². The second kappa shape index (κ2) is 4.89. The third kappa shape index (κ3) is 2.16. The van der Waals surface area contributed by atoms with Crippen LogP contribution in [0.5, 0.6) is 0 Å². The summed E-state index contributed by atoms with van der Waals surface area (Å²) >= 11 is 0. The van der Waals surface area contributed by atoms with Gasteiger partial charge in [0.05, 0.1) is 11.7 Å². The molecule has 0 spiro atoms. The van der Waals surface area contributed by atoms with Crippen LogP contribution in [0.1, 0.15) is 42.5 Å². The van der Waals surface area contributed by atoms with Crippen LogP contribution in [0.2, 0.25) is 0 Å². The Labute approximate surface area is 133 Å². The quantitative estimate of drug-likeness (QED) is 0.774. The molecule has 23 heavy (non-hydrogen) atoms. The van der Waals surface area contributed by atoms with Gasteiger partial charge in [0.25, 0.3) is 0 Å². The number of hydrogen-bond acceptors (Lipinski definition) is 5. The number of nitrogens with one attached hydrogen (secondary N) is 1. The Kier molecular flexibility index (Phi) is 2.82. The lowest BCUT2D eigenvalue weighted by atomic mass is 9.72. The fourth-order valence-electron chi connectivity index (χ4n) is 4.26. The highest BCUT2D eigenvalue weighted by molar-refractivity contribution is 5.78. The Morgan fingerprint density at radius 3 is 3.09 bits per heavy atom. The minimum atomic E-state index is 0.383. The maximum Gasteiger partial charge on any atom is 0.229 e. The van der Waals surface area contributed by atoms with Crippen LogP contribution in [0.3, 0.4) is 0 Å². The summed E-state index contributed by atoms with van der Waals surface area (Å²) in [5.74, 6) is 3.38. The van der Waals surface area contributed by atoms with Gasteiger partial charge >= 0.3 is 0 Å². The largest absolute Gasteiger partial charge is 0.339 e. The van der Waals surface area contributed by atoms with Gasteiger partial charge in [-0.15, -0.1) is 0 Å². The minimum absolute atomic E-state index is 0.383. The molecule has 2 aromatic heterocycles. The van der Waals surface area contributed by atoms with Crippen LogP contribution in [0.25, 0.3) is 10.9 Å². The molecule has 2 heterocycles. The van der Waals surface area contributed by atoms with E-state index < -0.39 is 0 Å². The van der Waals surface area contributed by atoms with Gasteiger partial charge in [0, 0.05) is 23.8 Å². The molecule has 118 valence electrons. The van der Waals surface area contributed by atoms with Crippen LogP contribution in [0.15, 0.2) is 28.9 Å². The number of nitrogens with two attached hydrogens (primary N) is 1. The first-order valence-electron chi connectivity index (χ1n) is 8.26. The maximum absolute atomic E-state index is 6.07. The summed E-state index contributed by atoms with van der Waals surface area (Å²) in [7, 11) is 0. The number of H-pyrrole nitrogens is 1. The van der Waals surface area contributed by atoms with Gasteiger partial charge in [-0.05, 0) is 42.7 Å². The van der Waals surface area contributed by atoms with Crippen molar-refractivity contribution in [3.05, 3.63) is 41.7 Å². The van der Waals surface area contributed by atoms with E-state index in [1.54, 1.807) is 0 Å². The average Bonchev–Trinajstić information content (AvgIpc) is 3.24. The van der Waals surface area contributed by atoms with Crippen molar-refractivity contribution in [2.24, 2.45) is 17.6 Å². The zero-order chi connectivity index (χ0) is 15.4. The van der Waals surface area contributed by atoms with Crippen LogP contribution in [-0.4, -0.2) is 26.4 Å². The molecular weight excluding hydrogens is 290 g/mol. The van der Waals surface area contributed by atoms with Gasteiger partial charge < -0.3 is 10.3 Å². The molecule has 2 aliphatic carbocycles. The molecule has 0 radical (unpaired) electrons. The zero-order valence-corrected chi connectivity index (χ0v) is 12.8. The molecule has 0 bridgehead atoms. The predicted octanol–water partition coefficient (Wildman–Crippen LogP) is 2.38. The summed E-state index contributed by atoms with van der Waals surface area (Å²) in [6, 6.07) is 6.62. The van der Waals surface area contributed by atoms with Gasteiger partial charge in [0.15, 0.2) is 5.82 Å². The van der Waals surface area contributed by atoms with Crippen LogP contribution in [-0.2, 0) is 6.42 Å². The molecule has 2 aliphatic rings. The van der Waals surface area contributed by atoms with Crippen molar-refractivity contribution in [2.75, 3.05) is 0 Å². The van der Waals surface area contributed by atoms with Crippen molar-refractivity contribution < 1.29 is 4.52 Å². The lowest BCUT2D eigenvalue weighted by Gasteiger charge is -2.37. The van der Waals surface area contributed by atoms with Crippen molar-refractivity contribution in [1.29, 1.82) is 0 Å². The van der Waals surface area contributed by atoms with Gasteiger partial charge in [0.2, 0.25) is 5.89 Å². The highest BCUT2D eigenvalue weighted by Gasteiger charge is 2.47. The van der Waals surface area contributed by atoms with E-state index in [1.807, 2.05) is 6.20 Å². The molecule has 2 saturated carbocycles. The normalized spacial score (nSPS) is 29.6. The second-order valence-corrected chi connectivity index (χ2v) is 7.01. The van der Waals surface area contributed by atoms with Crippen LogP contribution in [0, 0.1) is 11.8 Å². The van der Waals surface area contributed by atoms with Crippen molar-refractivity contribution in [3.8, 4) is 0 Å². The second-order valence-electron chi connectivity index (χ2n) is 7.01. The first kappa shape index (κ1) is 13.2. The Morgan fingerprint density at radius 2 is 2.22 bits per heavy atom. The molecule has 6 heteroatoms. The molecule has 1 unspecified atom stereocenters. The summed E-state index contributed by atoms with van der Waals surface area (Å²) in [4.78, 5) is 4.63. The summed E-state index contributed by atoms with van der Waals surface area (Å²) in [5, 5.41) is 12.3. The zero-order valence-electron chi connectivity index (χ0n) is 12.8. The van der Waals surface area contributed by atoms with Crippen LogP contribution in [0.4, 0.5) is 0 Å². The lowest BCUT2D eigenvalue weighted by Crippen LogP contribution is -2.44. The van der Waals surface area contributed by atoms with Gasteiger partial charge in [-0.3, -0.25) is 5.10 Å². The third-order valence-corrected chi connectivity index (χ3v) is 5.58. The summed E-state index contributed by atoms with van der Waals surface area (Å²) < 4.78 is 5.53. The van der Waals surface area contributed by atoms with E-state index in [1.165, 1.54) is 0 Å². The monoisotopic (exact) mass is 309 g/mol. The Balaban J connectivity index is 1.33. The fraction of sp³-hybridized carbons (Fsp3) is 0.471. The number of rotatable bonds is 3. The molecule has 1 aromatic carbocycles. The van der Waals surface area contributed by atoms with Crippen LogP contribution < -0.4 is 5.73 Å². The highest BCUT2D eigenvalue weighted by atomic mass is 16.5. The maximum atomic E-state index is 6.07. The molecule has 4 atom stereocenters. The number of aromatic amines is 1. The SMILES string of the molecule is N[C@@H]1C[C@@H]2CC(c3nc(Cc4ccc5cn[nH]c5c4)no3)C[C@@H]21. The summed E-state index contributed by atoms with van der Waals surface area (Å²) in [6.07, 6.45) is 5.92. The van der Waals surface area contributed by atoms with E-state index in [-0.39, 0.29) is 0 Å². The number of fused-ring (bicyclic) bond motifs is 2. The molecule has 2 fully saturated rings. The number of aromatic nitrogens is 4. The topological polar surface area (TPSA) is 93.6 Å². The fourth-order valence-corrected chi connectivity index (χ4v) is 4.26. The molecule has 5 rings (SSSR count). The average molecular weight is 309 g/mol. The third-order valence-electron chi connectivity index (χ3n) is 5.58. The number of nitrogens with zero attached hydrogens (tertiary/aromatic N) is 3. The molecule has 6 nitrogen and oxygen atoms in total. The molecule has 0 aliphatic heterocycles. The predicted molar refractivity (Wildman–Crippen MR) is 84.7 cm³/mol. The standard InChI is InChI=1S/C17H19N5O/c18-14-7-11-5-12(6-13(11)14)17-20-16(22-23-17)4-9-1-2-10-8-19-21-15(10)3-9/h1-3,8,11-14H,4-7,18H2,(H,19,21)/t11-,12?,13-,14+/m0/s1. The molecular formula is C17H19N5O. The first-order valence-corrected chi connectivity index (χ1v) is 8.26. The van der Waals surface area contributed by atoms with Crippen LogP contribution >= 0.6 is 0 Å².